The first-order valence-corrected chi connectivity index (χ1v) is 8.99. The summed E-state index contributed by atoms with van der Waals surface area (Å²) in [6, 6.07) is 0. The second kappa shape index (κ2) is 7.35. The van der Waals surface area contributed by atoms with Gasteiger partial charge in [0.25, 0.3) is 0 Å². The lowest BCUT2D eigenvalue weighted by molar-refractivity contribution is 0.174. The maximum Gasteiger partial charge on any atom is 0.122 e. The second-order valence-corrected chi connectivity index (χ2v) is 6.92. The highest BCUT2D eigenvalue weighted by Gasteiger charge is 2.24. The number of thiazole rings is 1. The number of fused-ring (bicyclic) bond motifs is 1. The average Bonchev–Trinajstić information content (AvgIpc) is 3.14. The highest BCUT2D eigenvalue weighted by atomic mass is 32.1. The van der Waals surface area contributed by atoms with Crippen LogP contribution in [0.2, 0.25) is 0 Å². The van der Waals surface area contributed by atoms with E-state index in [1.54, 1.807) is 11.3 Å². The molecule has 3 rings (SSSR count). The first kappa shape index (κ1) is 15.6. The molecule has 1 aliphatic rings. The lowest BCUT2D eigenvalue weighted by atomic mass is 10.1. The fourth-order valence-corrected chi connectivity index (χ4v) is 3.89. The van der Waals surface area contributed by atoms with Crippen LogP contribution in [0.4, 0.5) is 0 Å². The van der Waals surface area contributed by atoms with E-state index in [9.17, 15) is 0 Å². The molecule has 0 saturated carbocycles. The van der Waals surface area contributed by atoms with Crippen LogP contribution in [0.1, 0.15) is 24.7 Å². The molecule has 0 saturated heterocycles. The van der Waals surface area contributed by atoms with Crippen LogP contribution in [0.3, 0.4) is 0 Å². The first-order chi connectivity index (χ1) is 10.8. The number of hydrogen-bond acceptors (Lipinski definition) is 5. The minimum absolute atomic E-state index is 0.635. The maximum atomic E-state index is 4.54. The van der Waals surface area contributed by atoms with Crippen LogP contribution >= 0.6 is 11.3 Å². The van der Waals surface area contributed by atoms with Crippen molar-refractivity contribution in [2.75, 3.05) is 26.2 Å². The molecule has 3 heterocycles. The van der Waals surface area contributed by atoms with Crippen LogP contribution in [-0.2, 0) is 19.6 Å². The van der Waals surface area contributed by atoms with Crippen LogP contribution in [0.25, 0.3) is 0 Å². The fraction of sp³-hybridized carbons (Fsp3) is 0.625. The molecular weight excluding hydrogens is 294 g/mol. The van der Waals surface area contributed by atoms with Gasteiger partial charge >= 0.3 is 0 Å². The first-order valence-electron chi connectivity index (χ1n) is 8.11. The Hall–Kier alpha value is -1.24. The predicted molar refractivity (Wildman–Crippen MR) is 89.7 cm³/mol. The molecule has 5 nitrogen and oxygen atoms in total. The molecule has 0 aliphatic carbocycles. The van der Waals surface area contributed by atoms with E-state index < -0.39 is 0 Å². The molecule has 1 aliphatic heterocycles. The topological polar surface area (TPSA) is 37.2 Å². The standard InChI is InChI=1S/C16H25N5S/c1-3-19(4-2)9-14-10-20(13-16-18-6-8-22-16)12-15-17-5-7-21(15)11-14/h5-8,14H,3-4,9-13H2,1-2H3/t14-/m0/s1. The SMILES string of the molecule is CCN(CC)C[C@H]1CN(Cc2nccs2)Cc2nccn2C1. The van der Waals surface area contributed by atoms with Crippen molar-refractivity contribution in [3.63, 3.8) is 0 Å². The molecule has 22 heavy (non-hydrogen) atoms. The molecule has 0 bridgehead atoms. The van der Waals surface area contributed by atoms with E-state index in [0.717, 1.165) is 45.8 Å². The largest absolute Gasteiger partial charge is 0.333 e. The number of rotatable bonds is 6. The lowest BCUT2D eigenvalue weighted by Gasteiger charge is -2.27. The van der Waals surface area contributed by atoms with Crippen LogP contribution in [0, 0.1) is 5.92 Å². The average molecular weight is 319 g/mol. The molecule has 120 valence electrons. The number of nitrogens with zero attached hydrogens (tertiary/aromatic N) is 5. The molecule has 6 heteroatoms. The zero-order valence-electron chi connectivity index (χ0n) is 13.5. The van der Waals surface area contributed by atoms with Crippen molar-refractivity contribution in [2.45, 2.75) is 33.5 Å². The third-order valence-corrected chi connectivity index (χ3v) is 5.16. The van der Waals surface area contributed by atoms with Crippen molar-refractivity contribution in [3.8, 4) is 0 Å². The third-order valence-electron chi connectivity index (χ3n) is 4.39. The van der Waals surface area contributed by atoms with Gasteiger partial charge in [0.05, 0.1) is 13.1 Å². The van der Waals surface area contributed by atoms with Gasteiger partial charge in [-0.05, 0) is 13.1 Å². The monoisotopic (exact) mass is 319 g/mol. The molecule has 0 radical (unpaired) electrons. The van der Waals surface area contributed by atoms with Gasteiger partial charge in [-0.3, -0.25) is 4.90 Å². The summed E-state index contributed by atoms with van der Waals surface area (Å²) in [5.74, 6) is 1.81. The number of imidazole rings is 1. The lowest BCUT2D eigenvalue weighted by Crippen LogP contribution is -2.36. The highest BCUT2D eigenvalue weighted by molar-refractivity contribution is 7.09. The van der Waals surface area contributed by atoms with Crippen molar-refractivity contribution < 1.29 is 0 Å². The quantitative estimate of drug-likeness (QED) is 0.819. The molecule has 0 spiro atoms. The third kappa shape index (κ3) is 3.74. The Kier molecular flexibility index (Phi) is 5.23. The predicted octanol–water partition coefficient (Wildman–Crippen LogP) is 2.31. The van der Waals surface area contributed by atoms with Gasteiger partial charge in [-0.25, -0.2) is 9.97 Å². The van der Waals surface area contributed by atoms with Gasteiger partial charge in [0.1, 0.15) is 10.8 Å². The number of hydrogen-bond donors (Lipinski definition) is 0. The van der Waals surface area contributed by atoms with Crippen LogP contribution < -0.4 is 0 Å². The van der Waals surface area contributed by atoms with E-state index in [1.807, 2.05) is 12.4 Å². The van der Waals surface area contributed by atoms with E-state index in [1.165, 1.54) is 10.8 Å². The van der Waals surface area contributed by atoms with Crippen molar-refractivity contribution >= 4 is 11.3 Å². The van der Waals surface area contributed by atoms with Crippen molar-refractivity contribution in [2.24, 2.45) is 5.92 Å². The summed E-state index contributed by atoms with van der Waals surface area (Å²) in [5.41, 5.74) is 0. The van der Waals surface area contributed by atoms with E-state index in [2.05, 4.69) is 49.8 Å². The minimum atomic E-state index is 0.635. The smallest absolute Gasteiger partial charge is 0.122 e. The maximum absolute atomic E-state index is 4.54. The Labute approximate surface area is 136 Å². The summed E-state index contributed by atoms with van der Waals surface area (Å²) < 4.78 is 2.33. The number of aromatic nitrogens is 3. The van der Waals surface area contributed by atoms with Crippen LogP contribution in [0.5, 0.6) is 0 Å². The molecule has 2 aromatic heterocycles. The van der Waals surface area contributed by atoms with Crippen LogP contribution in [0.15, 0.2) is 24.0 Å². The van der Waals surface area contributed by atoms with E-state index in [4.69, 9.17) is 0 Å². The normalized spacial score (nSPS) is 19.3. The molecular formula is C16H25N5S. The van der Waals surface area contributed by atoms with Crippen molar-refractivity contribution in [1.82, 2.24) is 24.3 Å². The fourth-order valence-electron chi connectivity index (χ4n) is 3.23. The summed E-state index contributed by atoms with van der Waals surface area (Å²) in [4.78, 5) is 14.0. The van der Waals surface area contributed by atoms with Gasteiger partial charge in [0.2, 0.25) is 0 Å². The van der Waals surface area contributed by atoms with Gasteiger partial charge in [0, 0.05) is 49.5 Å². The van der Waals surface area contributed by atoms with Gasteiger partial charge in [-0.2, -0.15) is 0 Å². The molecule has 0 fully saturated rings. The molecule has 0 N–H and O–H groups in total. The zero-order chi connectivity index (χ0) is 15.4. The Morgan fingerprint density at radius 1 is 1.23 bits per heavy atom. The molecule has 2 aromatic rings. The molecule has 0 unspecified atom stereocenters. The molecule has 0 amide bonds. The van der Waals surface area contributed by atoms with Crippen LogP contribution in [-0.4, -0.2) is 50.5 Å². The van der Waals surface area contributed by atoms with E-state index in [-0.39, 0.29) is 0 Å². The van der Waals surface area contributed by atoms with Gasteiger partial charge in [-0.15, -0.1) is 11.3 Å². The molecule has 0 aromatic carbocycles. The zero-order valence-corrected chi connectivity index (χ0v) is 14.3. The summed E-state index contributed by atoms with van der Waals surface area (Å²) in [5, 5.41) is 3.25. The highest BCUT2D eigenvalue weighted by Crippen LogP contribution is 2.19. The van der Waals surface area contributed by atoms with E-state index in [0.29, 0.717) is 5.92 Å². The summed E-state index contributed by atoms with van der Waals surface area (Å²) >= 11 is 1.74. The minimum Gasteiger partial charge on any atom is -0.333 e. The Balaban J connectivity index is 1.73. The van der Waals surface area contributed by atoms with Crippen molar-refractivity contribution in [1.29, 1.82) is 0 Å². The second-order valence-electron chi connectivity index (χ2n) is 5.94. The summed E-state index contributed by atoms with van der Waals surface area (Å²) in [6.07, 6.45) is 5.94. The molecule has 1 atom stereocenters. The van der Waals surface area contributed by atoms with Gasteiger partial charge < -0.3 is 9.47 Å². The Morgan fingerprint density at radius 3 is 2.82 bits per heavy atom. The summed E-state index contributed by atoms with van der Waals surface area (Å²) in [6.45, 7) is 11.9. The Morgan fingerprint density at radius 2 is 2.09 bits per heavy atom. The van der Waals surface area contributed by atoms with Gasteiger partial charge in [0.15, 0.2) is 0 Å². The Bertz CT molecular complexity index is 561. The van der Waals surface area contributed by atoms with Crippen molar-refractivity contribution in [3.05, 3.63) is 34.8 Å². The summed E-state index contributed by atoms with van der Waals surface area (Å²) in [7, 11) is 0. The van der Waals surface area contributed by atoms with E-state index >= 15 is 0 Å². The van der Waals surface area contributed by atoms with Gasteiger partial charge in [-0.1, -0.05) is 13.8 Å².